The lowest BCUT2D eigenvalue weighted by molar-refractivity contribution is -0.131. The van der Waals surface area contributed by atoms with Crippen molar-refractivity contribution >= 4 is 17.4 Å². The van der Waals surface area contributed by atoms with Crippen LogP contribution >= 0.6 is 0 Å². The van der Waals surface area contributed by atoms with Crippen LogP contribution in [0.25, 0.3) is 5.65 Å². The van der Waals surface area contributed by atoms with Gasteiger partial charge in [0.05, 0.1) is 6.10 Å². The molecule has 4 rings (SSSR count). The Labute approximate surface area is 134 Å². The van der Waals surface area contributed by atoms with E-state index in [0.717, 1.165) is 25.9 Å². The smallest absolute Gasteiger partial charge is 0.245 e. The number of nitrogens with zero attached hydrogens (tertiary/aromatic N) is 6. The lowest BCUT2D eigenvalue weighted by Crippen LogP contribution is -2.45. The zero-order valence-corrected chi connectivity index (χ0v) is 13.1. The van der Waals surface area contributed by atoms with E-state index in [9.17, 15) is 4.79 Å². The average molecular weight is 316 g/mol. The van der Waals surface area contributed by atoms with Gasteiger partial charge >= 0.3 is 0 Å². The van der Waals surface area contributed by atoms with Crippen LogP contribution in [0.2, 0.25) is 0 Å². The van der Waals surface area contributed by atoms with Gasteiger partial charge in [0.25, 0.3) is 0 Å². The molecule has 8 nitrogen and oxygen atoms in total. The van der Waals surface area contributed by atoms with Gasteiger partial charge in [-0.2, -0.15) is 0 Å². The Hall–Kier alpha value is -2.22. The summed E-state index contributed by atoms with van der Waals surface area (Å²) in [5.74, 6) is 0.868. The van der Waals surface area contributed by atoms with E-state index in [4.69, 9.17) is 4.74 Å². The highest BCUT2D eigenvalue weighted by Crippen LogP contribution is 2.29. The highest BCUT2D eigenvalue weighted by atomic mass is 16.5. The van der Waals surface area contributed by atoms with E-state index in [1.807, 2.05) is 14.2 Å². The predicted octanol–water partition coefficient (Wildman–Crippen LogP) is 0.340. The number of carbonyl (C=O) groups excluding carboxylic acids is 1. The average Bonchev–Trinajstić information content (AvgIpc) is 3.32. The standard InChI is InChI=1S/C15H20N6O2/c1-23-11-8-12(15(22)19-5-2-3-6-19)21(9-11)13-14-18-17-10-20(14)7-4-16-13/h4,7,10-12H,2-3,5-6,8-9H2,1H3/t11-,12-/m0/s1. The first kappa shape index (κ1) is 14.4. The molecule has 0 aromatic carbocycles. The maximum Gasteiger partial charge on any atom is 0.245 e. The summed E-state index contributed by atoms with van der Waals surface area (Å²) >= 11 is 0. The molecule has 1 amide bonds. The van der Waals surface area contributed by atoms with Crippen LogP contribution in [0.4, 0.5) is 5.82 Å². The van der Waals surface area contributed by atoms with Gasteiger partial charge in [0, 0.05) is 45.6 Å². The number of rotatable bonds is 3. The molecule has 2 aromatic rings. The van der Waals surface area contributed by atoms with E-state index in [-0.39, 0.29) is 18.1 Å². The largest absolute Gasteiger partial charge is 0.380 e. The molecule has 0 unspecified atom stereocenters. The van der Waals surface area contributed by atoms with E-state index in [1.165, 1.54) is 0 Å². The Morgan fingerprint density at radius 1 is 1.35 bits per heavy atom. The van der Waals surface area contributed by atoms with Gasteiger partial charge in [-0.15, -0.1) is 10.2 Å². The van der Waals surface area contributed by atoms with Crippen molar-refractivity contribution in [3.8, 4) is 0 Å². The molecule has 23 heavy (non-hydrogen) atoms. The van der Waals surface area contributed by atoms with Crippen molar-refractivity contribution < 1.29 is 9.53 Å². The molecule has 0 radical (unpaired) electrons. The second-order valence-corrected chi connectivity index (χ2v) is 6.11. The van der Waals surface area contributed by atoms with Crippen LogP contribution in [-0.2, 0) is 9.53 Å². The van der Waals surface area contributed by atoms with Gasteiger partial charge in [-0.05, 0) is 12.8 Å². The molecule has 8 heteroatoms. The Balaban J connectivity index is 1.69. The van der Waals surface area contributed by atoms with Crippen molar-refractivity contribution in [2.24, 2.45) is 0 Å². The third-order valence-corrected chi connectivity index (χ3v) is 4.77. The quantitative estimate of drug-likeness (QED) is 0.813. The fourth-order valence-electron chi connectivity index (χ4n) is 3.53. The highest BCUT2D eigenvalue weighted by molar-refractivity contribution is 5.87. The summed E-state index contributed by atoms with van der Waals surface area (Å²) in [6.07, 6.45) is 8.04. The van der Waals surface area contributed by atoms with E-state index < -0.39 is 0 Å². The number of amides is 1. The van der Waals surface area contributed by atoms with Crippen LogP contribution in [0, 0.1) is 0 Å². The Bertz CT molecular complexity index is 711. The first-order valence-corrected chi connectivity index (χ1v) is 8.00. The van der Waals surface area contributed by atoms with E-state index in [0.29, 0.717) is 24.4 Å². The zero-order chi connectivity index (χ0) is 15.8. The summed E-state index contributed by atoms with van der Waals surface area (Å²) in [5, 5.41) is 8.09. The second kappa shape index (κ2) is 5.77. The molecule has 0 bridgehead atoms. The molecule has 2 saturated heterocycles. The van der Waals surface area contributed by atoms with Crippen LogP contribution in [0.1, 0.15) is 19.3 Å². The number of likely N-dealkylation sites (tertiary alicyclic amines) is 1. The topological polar surface area (TPSA) is 75.9 Å². The molecule has 2 fully saturated rings. The molecule has 4 heterocycles. The molecule has 2 aliphatic rings. The van der Waals surface area contributed by atoms with E-state index in [1.54, 1.807) is 25.8 Å². The summed E-state index contributed by atoms with van der Waals surface area (Å²) in [5.41, 5.74) is 0.670. The lowest BCUT2D eigenvalue weighted by Gasteiger charge is -2.28. The summed E-state index contributed by atoms with van der Waals surface area (Å²) in [6, 6.07) is -0.242. The third-order valence-electron chi connectivity index (χ3n) is 4.77. The Morgan fingerprint density at radius 3 is 2.96 bits per heavy atom. The Morgan fingerprint density at radius 2 is 2.17 bits per heavy atom. The first-order chi connectivity index (χ1) is 11.3. The number of anilines is 1. The van der Waals surface area contributed by atoms with Crippen molar-refractivity contribution in [2.75, 3.05) is 31.6 Å². The number of hydrogen-bond acceptors (Lipinski definition) is 6. The first-order valence-electron chi connectivity index (χ1n) is 8.00. The van der Waals surface area contributed by atoms with E-state index in [2.05, 4.69) is 15.2 Å². The third kappa shape index (κ3) is 2.42. The van der Waals surface area contributed by atoms with Crippen LogP contribution in [0.15, 0.2) is 18.7 Å². The maximum atomic E-state index is 12.9. The Kier molecular flexibility index (Phi) is 3.60. The number of aromatic nitrogens is 4. The zero-order valence-electron chi connectivity index (χ0n) is 13.1. The SMILES string of the molecule is CO[C@H]1C[C@@H](C(=O)N2CCCC2)N(c2nccn3cnnc23)C1. The lowest BCUT2D eigenvalue weighted by atomic mass is 10.1. The fourth-order valence-corrected chi connectivity index (χ4v) is 3.53. The number of hydrogen-bond donors (Lipinski definition) is 0. The molecular weight excluding hydrogens is 296 g/mol. The summed E-state index contributed by atoms with van der Waals surface area (Å²) in [7, 11) is 1.69. The summed E-state index contributed by atoms with van der Waals surface area (Å²) in [4.78, 5) is 21.4. The summed E-state index contributed by atoms with van der Waals surface area (Å²) < 4.78 is 7.34. The van der Waals surface area contributed by atoms with E-state index >= 15 is 0 Å². The second-order valence-electron chi connectivity index (χ2n) is 6.11. The molecular formula is C15H20N6O2. The van der Waals surface area contributed by atoms with Gasteiger partial charge in [-0.1, -0.05) is 0 Å². The molecule has 2 aliphatic heterocycles. The minimum Gasteiger partial charge on any atom is -0.380 e. The number of carbonyl (C=O) groups is 1. The predicted molar refractivity (Wildman–Crippen MR) is 83.1 cm³/mol. The minimum atomic E-state index is -0.242. The molecule has 122 valence electrons. The van der Waals surface area contributed by atoms with Crippen molar-refractivity contribution in [2.45, 2.75) is 31.4 Å². The molecule has 0 N–H and O–H groups in total. The molecule has 0 spiro atoms. The molecule has 0 aliphatic carbocycles. The molecule has 0 saturated carbocycles. The summed E-state index contributed by atoms with van der Waals surface area (Å²) in [6.45, 7) is 2.34. The van der Waals surface area contributed by atoms with Crippen molar-refractivity contribution in [3.05, 3.63) is 18.7 Å². The molecule has 2 atom stereocenters. The van der Waals surface area contributed by atoms with Crippen molar-refractivity contribution in [1.82, 2.24) is 24.5 Å². The number of ether oxygens (including phenoxy) is 1. The van der Waals surface area contributed by atoms with Gasteiger partial charge in [0.15, 0.2) is 5.82 Å². The van der Waals surface area contributed by atoms with Gasteiger partial charge in [-0.3, -0.25) is 9.20 Å². The van der Waals surface area contributed by atoms with Gasteiger partial charge in [-0.25, -0.2) is 4.98 Å². The van der Waals surface area contributed by atoms with Gasteiger partial charge in [0.2, 0.25) is 11.6 Å². The monoisotopic (exact) mass is 316 g/mol. The normalized spacial score (nSPS) is 24.7. The van der Waals surface area contributed by atoms with Crippen LogP contribution in [0.3, 0.4) is 0 Å². The highest BCUT2D eigenvalue weighted by Gasteiger charge is 2.41. The van der Waals surface area contributed by atoms with Crippen LogP contribution < -0.4 is 4.90 Å². The van der Waals surface area contributed by atoms with Crippen LogP contribution in [0.5, 0.6) is 0 Å². The van der Waals surface area contributed by atoms with Crippen molar-refractivity contribution in [1.29, 1.82) is 0 Å². The minimum absolute atomic E-state index is 0.0246. The van der Waals surface area contributed by atoms with Crippen molar-refractivity contribution in [3.63, 3.8) is 0 Å². The number of methoxy groups -OCH3 is 1. The van der Waals surface area contributed by atoms with Gasteiger partial charge in [0.1, 0.15) is 12.4 Å². The fraction of sp³-hybridized carbons (Fsp3) is 0.600. The maximum absolute atomic E-state index is 12.9. The van der Waals surface area contributed by atoms with Gasteiger partial charge < -0.3 is 14.5 Å². The molecule has 2 aromatic heterocycles. The van der Waals surface area contributed by atoms with Crippen LogP contribution in [-0.4, -0.2) is 69.3 Å². The number of fused-ring (bicyclic) bond motifs is 1.